The molecule has 0 amide bonds. The number of fused-ring (bicyclic) bond motifs is 1. The van der Waals surface area contributed by atoms with Gasteiger partial charge in [-0.25, -0.2) is 19.9 Å². The van der Waals surface area contributed by atoms with E-state index in [0.29, 0.717) is 17.0 Å². The maximum absolute atomic E-state index is 5.99. The summed E-state index contributed by atoms with van der Waals surface area (Å²) in [6, 6.07) is 7.97. The van der Waals surface area contributed by atoms with E-state index in [4.69, 9.17) is 4.43 Å². The molecule has 0 saturated carbocycles. The van der Waals surface area contributed by atoms with Crippen LogP contribution in [0.25, 0.3) is 11.2 Å². The van der Waals surface area contributed by atoms with Crippen LogP contribution in [0.4, 0.5) is 0 Å². The van der Waals surface area contributed by atoms with Gasteiger partial charge in [-0.3, -0.25) is 4.99 Å². The first-order valence-corrected chi connectivity index (χ1v) is 10.6. The predicted molar refractivity (Wildman–Crippen MR) is 97.1 cm³/mol. The van der Waals surface area contributed by atoms with Crippen LogP contribution in [0.2, 0.25) is 13.1 Å². The predicted octanol–water partition coefficient (Wildman–Crippen LogP) is 2.96. The van der Waals surface area contributed by atoms with Crippen LogP contribution < -0.4 is 4.43 Å². The summed E-state index contributed by atoms with van der Waals surface area (Å²) in [6.45, 7) is 6.32. The van der Waals surface area contributed by atoms with Gasteiger partial charge in [0.2, 0.25) is 9.04 Å². The van der Waals surface area contributed by atoms with Crippen molar-refractivity contribution in [3.8, 4) is 5.75 Å². The number of aliphatic imine (C=N–C) groups is 1. The summed E-state index contributed by atoms with van der Waals surface area (Å²) in [5.41, 5.74) is 2.30. The van der Waals surface area contributed by atoms with Crippen LogP contribution in [0.15, 0.2) is 47.8 Å². The lowest BCUT2D eigenvalue weighted by Crippen LogP contribution is -2.13. The van der Waals surface area contributed by atoms with Gasteiger partial charge in [-0.15, -0.1) is 0 Å². The van der Waals surface area contributed by atoms with E-state index in [2.05, 4.69) is 38.0 Å². The Bertz CT molecular complexity index is 868. The second-order valence-corrected chi connectivity index (χ2v) is 7.99. The fraction of sp³-hybridized carbons (Fsp3) is 0.235. The SMILES string of the molecule is CC(N=Cc1ncc2nccnc2n1)c1ccccc1O[SiH](C)C. The normalized spacial score (nSPS) is 12.8. The fourth-order valence-electron chi connectivity index (χ4n) is 2.29. The molecule has 1 aromatic carbocycles. The summed E-state index contributed by atoms with van der Waals surface area (Å²) in [5.74, 6) is 1.43. The van der Waals surface area contributed by atoms with Crippen molar-refractivity contribution in [1.82, 2.24) is 19.9 Å². The number of rotatable bonds is 5. The number of hydrogen-bond acceptors (Lipinski definition) is 6. The molecule has 3 aromatic rings. The molecule has 0 aliphatic rings. The molecule has 0 N–H and O–H groups in total. The van der Waals surface area contributed by atoms with Crippen LogP contribution in [0.3, 0.4) is 0 Å². The van der Waals surface area contributed by atoms with Crippen molar-refractivity contribution in [2.45, 2.75) is 26.1 Å². The first kappa shape index (κ1) is 16.2. The highest BCUT2D eigenvalue weighted by Crippen LogP contribution is 2.27. The van der Waals surface area contributed by atoms with Crippen molar-refractivity contribution in [2.75, 3.05) is 0 Å². The van der Waals surface area contributed by atoms with E-state index in [-0.39, 0.29) is 6.04 Å². The molecule has 3 rings (SSSR count). The van der Waals surface area contributed by atoms with E-state index in [0.717, 1.165) is 11.3 Å². The molecule has 0 saturated heterocycles. The molecule has 0 fully saturated rings. The van der Waals surface area contributed by atoms with Gasteiger partial charge in [0.25, 0.3) is 0 Å². The number of hydrogen-bond donors (Lipinski definition) is 0. The monoisotopic (exact) mass is 337 g/mol. The molecule has 1 unspecified atom stereocenters. The third-order valence-electron chi connectivity index (χ3n) is 3.39. The Kier molecular flexibility index (Phi) is 4.90. The molecule has 6 nitrogen and oxygen atoms in total. The number of aromatic nitrogens is 4. The maximum atomic E-state index is 5.99. The molecule has 0 radical (unpaired) electrons. The highest BCUT2D eigenvalue weighted by Gasteiger charge is 2.11. The Hall–Kier alpha value is -2.67. The van der Waals surface area contributed by atoms with Crippen LogP contribution in [0.1, 0.15) is 24.4 Å². The molecule has 2 heterocycles. The summed E-state index contributed by atoms with van der Waals surface area (Å²) in [4.78, 5) is 21.5. The van der Waals surface area contributed by atoms with Crippen LogP contribution in [0, 0.1) is 0 Å². The van der Waals surface area contributed by atoms with Gasteiger partial charge in [-0.2, -0.15) is 0 Å². The van der Waals surface area contributed by atoms with Crippen LogP contribution in [-0.4, -0.2) is 35.2 Å². The van der Waals surface area contributed by atoms with E-state index in [1.54, 1.807) is 24.8 Å². The number of nitrogens with zero attached hydrogens (tertiary/aromatic N) is 5. The van der Waals surface area contributed by atoms with Crippen molar-refractivity contribution in [3.63, 3.8) is 0 Å². The molecule has 0 aliphatic carbocycles. The first-order valence-electron chi connectivity index (χ1n) is 7.86. The average Bonchev–Trinajstić information content (AvgIpc) is 2.59. The van der Waals surface area contributed by atoms with Gasteiger partial charge in [0.05, 0.1) is 18.5 Å². The molecule has 0 bridgehead atoms. The first-order chi connectivity index (χ1) is 11.6. The van der Waals surface area contributed by atoms with Crippen molar-refractivity contribution >= 4 is 26.4 Å². The molecule has 24 heavy (non-hydrogen) atoms. The highest BCUT2D eigenvalue weighted by molar-refractivity contribution is 6.49. The van der Waals surface area contributed by atoms with E-state index < -0.39 is 9.04 Å². The smallest absolute Gasteiger partial charge is 0.229 e. The van der Waals surface area contributed by atoms with E-state index in [1.165, 1.54) is 0 Å². The lowest BCUT2D eigenvalue weighted by molar-refractivity contribution is 0.563. The zero-order valence-electron chi connectivity index (χ0n) is 13.9. The van der Waals surface area contributed by atoms with Gasteiger partial charge in [0.1, 0.15) is 11.3 Å². The summed E-state index contributed by atoms with van der Waals surface area (Å²) in [7, 11) is -1.17. The molecule has 0 aliphatic heterocycles. The lowest BCUT2D eigenvalue weighted by Gasteiger charge is -2.16. The Morgan fingerprint density at radius 3 is 2.75 bits per heavy atom. The largest absolute Gasteiger partial charge is 0.547 e. The second-order valence-electron chi connectivity index (χ2n) is 5.65. The van der Waals surface area contributed by atoms with E-state index in [9.17, 15) is 0 Å². The van der Waals surface area contributed by atoms with Crippen molar-refractivity contribution < 1.29 is 4.43 Å². The maximum Gasteiger partial charge on any atom is 0.229 e. The second kappa shape index (κ2) is 7.27. The third kappa shape index (κ3) is 3.80. The summed E-state index contributed by atoms with van der Waals surface area (Å²) >= 11 is 0. The lowest BCUT2D eigenvalue weighted by atomic mass is 10.1. The zero-order valence-corrected chi connectivity index (χ0v) is 15.1. The highest BCUT2D eigenvalue weighted by atomic mass is 28.3. The van der Waals surface area contributed by atoms with Gasteiger partial charge < -0.3 is 4.43 Å². The van der Waals surface area contributed by atoms with E-state index >= 15 is 0 Å². The van der Waals surface area contributed by atoms with Crippen LogP contribution in [0.5, 0.6) is 5.75 Å². The Morgan fingerprint density at radius 1 is 1.12 bits per heavy atom. The molecule has 2 aromatic heterocycles. The zero-order chi connectivity index (χ0) is 16.9. The van der Waals surface area contributed by atoms with Crippen molar-refractivity contribution in [1.29, 1.82) is 0 Å². The van der Waals surface area contributed by atoms with Crippen LogP contribution in [-0.2, 0) is 0 Å². The Morgan fingerprint density at radius 2 is 1.92 bits per heavy atom. The van der Waals surface area contributed by atoms with Gasteiger partial charge in [-0.05, 0) is 26.1 Å². The summed E-state index contributed by atoms with van der Waals surface area (Å²) in [6.07, 6.45) is 6.56. The molecule has 7 heteroatoms. The molecule has 1 atom stereocenters. The van der Waals surface area contributed by atoms with Crippen molar-refractivity contribution in [3.05, 3.63) is 54.2 Å². The fourth-order valence-corrected chi connectivity index (χ4v) is 3.01. The summed E-state index contributed by atoms with van der Waals surface area (Å²) in [5, 5.41) is 0. The molecular formula is C17H19N5OSi. The molecule has 122 valence electrons. The van der Waals surface area contributed by atoms with Gasteiger partial charge in [-0.1, -0.05) is 18.2 Å². The van der Waals surface area contributed by atoms with Gasteiger partial charge >= 0.3 is 0 Å². The van der Waals surface area contributed by atoms with Gasteiger partial charge in [0, 0.05) is 18.0 Å². The number of benzene rings is 1. The minimum atomic E-state index is -1.17. The van der Waals surface area contributed by atoms with Crippen molar-refractivity contribution in [2.24, 2.45) is 4.99 Å². The van der Waals surface area contributed by atoms with E-state index in [1.807, 2.05) is 31.2 Å². The third-order valence-corrected chi connectivity index (χ3v) is 4.12. The Balaban J connectivity index is 1.83. The topological polar surface area (TPSA) is 73.2 Å². The Labute approximate surface area is 142 Å². The standard InChI is InChI=1S/C17H19N5OSi/c1-12(13-6-4-5-7-15(13)23-24(2)3)20-11-16-21-10-14-17(22-16)19-9-8-18-14/h4-12,24H,1-3H3. The average molecular weight is 337 g/mol. The van der Waals surface area contributed by atoms with Crippen LogP contribution >= 0.6 is 0 Å². The molecular weight excluding hydrogens is 318 g/mol. The summed E-state index contributed by atoms with van der Waals surface area (Å²) < 4.78 is 5.99. The quantitative estimate of drug-likeness (QED) is 0.528. The molecule has 0 spiro atoms. The number of para-hydroxylation sites is 1. The minimum absolute atomic E-state index is 0.0462. The minimum Gasteiger partial charge on any atom is -0.547 e. The van der Waals surface area contributed by atoms with Gasteiger partial charge in [0.15, 0.2) is 11.5 Å².